The Labute approximate surface area is 233 Å². The van der Waals surface area contributed by atoms with E-state index in [0.29, 0.717) is 71.9 Å². The summed E-state index contributed by atoms with van der Waals surface area (Å²) in [5.41, 5.74) is 1.30. The topological polar surface area (TPSA) is 126 Å². The highest BCUT2D eigenvalue weighted by Gasteiger charge is 2.26. The number of nitrogens with one attached hydrogen (secondary N) is 2. The van der Waals surface area contributed by atoms with Crippen LogP contribution in [0.15, 0.2) is 36.4 Å². The van der Waals surface area contributed by atoms with Crippen LogP contribution in [0, 0.1) is 5.92 Å². The zero-order chi connectivity index (χ0) is 28.6. The highest BCUT2D eigenvalue weighted by Crippen LogP contribution is 2.41. The summed E-state index contributed by atoms with van der Waals surface area (Å²) in [6, 6.07) is 10.8. The fraction of sp³-hybridized carbons (Fsp3) is 0.393. The van der Waals surface area contributed by atoms with Crippen molar-refractivity contribution in [3.05, 3.63) is 36.4 Å². The minimum Gasteiger partial charge on any atom is -0.493 e. The van der Waals surface area contributed by atoms with Crippen molar-refractivity contribution in [3.8, 4) is 34.5 Å². The average Bonchev–Trinajstić information content (AvgIpc) is 3.00. The Balaban J connectivity index is 1.35. The lowest BCUT2D eigenvalue weighted by molar-refractivity contribution is -0.120. The Morgan fingerprint density at radius 2 is 1.23 bits per heavy atom. The number of carbonyl (C=O) groups is 1. The van der Waals surface area contributed by atoms with Crippen molar-refractivity contribution in [2.45, 2.75) is 12.8 Å². The van der Waals surface area contributed by atoms with E-state index in [2.05, 4.69) is 25.7 Å². The zero-order valence-corrected chi connectivity index (χ0v) is 23.6. The molecule has 3 aromatic rings. The fourth-order valence-electron chi connectivity index (χ4n) is 4.63. The van der Waals surface area contributed by atoms with Crippen LogP contribution < -0.4 is 44.0 Å². The van der Waals surface area contributed by atoms with Crippen LogP contribution in [0.4, 0.5) is 23.0 Å². The number of rotatable bonds is 11. The number of anilines is 4. The first-order valence-electron chi connectivity index (χ1n) is 12.7. The van der Waals surface area contributed by atoms with Crippen LogP contribution in [0.1, 0.15) is 12.8 Å². The van der Waals surface area contributed by atoms with Gasteiger partial charge in [-0.05, 0) is 25.0 Å². The molecule has 1 saturated heterocycles. The van der Waals surface area contributed by atoms with Gasteiger partial charge in [-0.3, -0.25) is 4.79 Å². The quantitative estimate of drug-likeness (QED) is 0.356. The largest absolute Gasteiger partial charge is 0.493 e. The van der Waals surface area contributed by atoms with E-state index < -0.39 is 0 Å². The summed E-state index contributed by atoms with van der Waals surface area (Å²) in [7, 11) is 9.31. The maximum Gasteiger partial charge on any atom is 0.227 e. The van der Waals surface area contributed by atoms with Gasteiger partial charge in [0.1, 0.15) is 0 Å². The molecule has 2 N–H and O–H groups in total. The lowest BCUT2D eigenvalue weighted by Gasteiger charge is -2.31. The molecule has 0 saturated carbocycles. The molecule has 1 aliphatic heterocycles. The van der Waals surface area contributed by atoms with Gasteiger partial charge in [-0.15, -0.1) is 10.2 Å². The number of ether oxygens (including phenoxy) is 6. The number of hydrogen-bond acceptors (Lipinski definition) is 11. The van der Waals surface area contributed by atoms with E-state index in [9.17, 15) is 4.79 Å². The summed E-state index contributed by atoms with van der Waals surface area (Å²) in [5, 5.41) is 14.9. The molecule has 0 aliphatic carbocycles. The highest BCUT2D eigenvalue weighted by molar-refractivity contribution is 5.93. The van der Waals surface area contributed by atoms with Gasteiger partial charge in [0.25, 0.3) is 0 Å². The molecule has 1 aliphatic rings. The third-order valence-corrected chi connectivity index (χ3v) is 6.71. The van der Waals surface area contributed by atoms with Crippen LogP contribution in [-0.2, 0) is 4.79 Å². The van der Waals surface area contributed by atoms with Crippen LogP contribution >= 0.6 is 0 Å². The van der Waals surface area contributed by atoms with E-state index in [1.165, 1.54) is 21.3 Å². The molecule has 12 heteroatoms. The predicted molar refractivity (Wildman–Crippen MR) is 151 cm³/mol. The van der Waals surface area contributed by atoms with Gasteiger partial charge < -0.3 is 44.0 Å². The van der Waals surface area contributed by atoms with Crippen molar-refractivity contribution in [2.75, 3.05) is 71.3 Å². The van der Waals surface area contributed by atoms with E-state index in [-0.39, 0.29) is 11.8 Å². The SMILES string of the molecule is COc1cc(NC(=O)C2CCN(c3ccc(Nc4cc(OC)c(OC)c(OC)c4)nn3)CC2)cc(OC)c1OC. The summed E-state index contributed by atoms with van der Waals surface area (Å²) in [4.78, 5) is 15.1. The Bertz CT molecular complexity index is 1260. The molecule has 0 unspecified atom stereocenters. The molecular weight excluding hydrogens is 518 g/mol. The number of piperidine rings is 1. The van der Waals surface area contributed by atoms with E-state index in [1.807, 2.05) is 12.1 Å². The summed E-state index contributed by atoms with van der Waals surface area (Å²) < 4.78 is 32.3. The van der Waals surface area contributed by atoms with Gasteiger partial charge in [-0.2, -0.15) is 0 Å². The van der Waals surface area contributed by atoms with Gasteiger partial charge in [0.15, 0.2) is 34.6 Å². The first-order valence-corrected chi connectivity index (χ1v) is 12.7. The molecule has 12 nitrogen and oxygen atoms in total. The first-order chi connectivity index (χ1) is 19.4. The zero-order valence-electron chi connectivity index (χ0n) is 23.6. The molecule has 4 rings (SSSR count). The molecule has 0 bridgehead atoms. The Morgan fingerprint density at radius 3 is 1.65 bits per heavy atom. The maximum absolute atomic E-state index is 13.0. The standard InChI is InChI=1S/C28H35N5O7/c1-35-20-13-18(14-21(36-2)26(20)39-5)29-24-7-8-25(32-31-24)33-11-9-17(10-12-33)28(34)30-19-15-22(37-3)27(40-6)23(16-19)38-4/h7-8,13-17H,9-12H2,1-6H3,(H,29,31)(H,30,34). The third kappa shape index (κ3) is 6.16. The molecule has 2 aromatic carbocycles. The smallest absolute Gasteiger partial charge is 0.227 e. The van der Waals surface area contributed by atoms with Crippen LogP contribution in [0.2, 0.25) is 0 Å². The van der Waals surface area contributed by atoms with Gasteiger partial charge in [0.05, 0.1) is 42.7 Å². The monoisotopic (exact) mass is 553 g/mol. The van der Waals surface area contributed by atoms with Crippen LogP contribution in [0.5, 0.6) is 34.5 Å². The summed E-state index contributed by atoms with van der Waals surface area (Å²) in [6.45, 7) is 1.36. The molecule has 40 heavy (non-hydrogen) atoms. The minimum absolute atomic E-state index is 0.0510. The van der Waals surface area contributed by atoms with Crippen molar-refractivity contribution >= 4 is 28.9 Å². The molecule has 1 aromatic heterocycles. The van der Waals surface area contributed by atoms with Gasteiger partial charge in [-0.25, -0.2) is 0 Å². The van der Waals surface area contributed by atoms with Crippen molar-refractivity contribution in [1.29, 1.82) is 0 Å². The average molecular weight is 554 g/mol. The second-order valence-electron chi connectivity index (χ2n) is 8.98. The predicted octanol–water partition coefficient (Wildman–Crippen LogP) is 4.13. The number of methoxy groups -OCH3 is 6. The highest BCUT2D eigenvalue weighted by atomic mass is 16.5. The van der Waals surface area contributed by atoms with E-state index in [1.54, 1.807) is 45.6 Å². The lowest BCUT2D eigenvalue weighted by atomic mass is 9.95. The second-order valence-corrected chi connectivity index (χ2v) is 8.98. The number of amides is 1. The molecule has 0 atom stereocenters. The second kappa shape index (κ2) is 13.0. The van der Waals surface area contributed by atoms with Gasteiger partial charge in [0.2, 0.25) is 17.4 Å². The summed E-state index contributed by atoms with van der Waals surface area (Å²) >= 11 is 0. The molecule has 214 valence electrons. The van der Waals surface area contributed by atoms with Crippen molar-refractivity contribution in [1.82, 2.24) is 10.2 Å². The first kappa shape index (κ1) is 28.4. The molecule has 0 spiro atoms. The summed E-state index contributed by atoms with van der Waals surface area (Å²) in [5.74, 6) is 4.14. The van der Waals surface area contributed by atoms with Crippen LogP contribution in [0.3, 0.4) is 0 Å². The lowest BCUT2D eigenvalue weighted by Crippen LogP contribution is -2.38. The molecule has 1 fully saturated rings. The van der Waals surface area contributed by atoms with Crippen LogP contribution in [-0.4, -0.2) is 71.9 Å². The molecule has 2 heterocycles. The van der Waals surface area contributed by atoms with Gasteiger partial charge in [-0.1, -0.05) is 0 Å². The Kier molecular flexibility index (Phi) is 9.20. The molecule has 1 amide bonds. The third-order valence-electron chi connectivity index (χ3n) is 6.71. The maximum atomic E-state index is 13.0. The van der Waals surface area contributed by atoms with E-state index >= 15 is 0 Å². The Hall–Kier alpha value is -4.61. The van der Waals surface area contributed by atoms with Crippen molar-refractivity contribution in [2.24, 2.45) is 5.92 Å². The van der Waals surface area contributed by atoms with Gasteiger partial charge in [0, 0.05) is 54.6 Å². The molecular formula is C28H35N5O7. The van der Waals surface area contributed by atoms with Crippen molar-refractivity contribution < 1.29 is 33.2 Å². The van der Waals surface area contributed by atoms with E-state index in [4.69, 9.17) is 28.4 Å². The van der Waals surface area contributed by atoms with E-state index in [0.717, 1.165) is 11.5 Å². The number of benzene rings is 2. The van der Waals surface area contributed by atoms with Crippen molar-refractivity contribution in [3.63, 3.8) is 0 Å². The van der Waals surface area contributed by atoms with Gasteiger partial charge >= 0.3 is 0 Å². The fourth-order valence-corrected chi connectivity index (χ4v) is 4.63. The summed E-state index contributed by atoms with van der Waals surface area (Å²) in [6.07, 6.45) is 1.37. The van der Waals surface area contributed by atoms with Crippen LogP contribution in [0.25, 0.3) is 0 Å². The number of carbonyl (C=O) groups excluding carboxylic acids is 1. The normalized spacial score (nSPS) is 13.3. The number of hydrogen-bond donors (Lipinski definition) is 2. The molecule has 0 radical (unpaired) electrons. The number of nitrogens with zero attached hydrogens (tertiary/aromatic N) is 3. The Morgan fingerprint density at radius 1 is 0.725 bits per heavy atom. The number of aromatic nitrogens is 2. The minimum atomic E-state index is -0.135.